The first-order valence-electron chi connectivity index (χ1n) is 0.200. The summed E-state index contributed by atoms with van der Waals surface area (Å²) in [6.07, 6.45) is 0. The summed E-state index contributed by atoms with van der Waals surface area (Å²) in [4.78, 5) is 0. The Labute approximate surface area is 55.7 Å². The van der Waals surface area contributed by atoms with E-state index in [0.29, 0.717) is 0 Å². The van der Waals surface area contributed by atoms with Gasteiger partial charge in [-0.15, -0.1) is 0 Å². The van der Waals surface area contributed by atoms with Gasteiger partial charge in [0, 0.05) is 0 Å². The third-order valence-electron chi connectivity index (χ3n) is 0. The van der Waals surface area contributed by atoms with E-state index in [1.807, 2.05) is 0 Å². The van der Waals surface area contributed by atoms with Gasteiger partial charge < -0.3 is 43.8 Å². The summed E-state index contributed by atoms with van der Waals surface area (Å²) in [6.45, 7) is 0. The summed E-state index contributed by atoms with van der Waals surface area (Å²) in [5.41, 5.74) is 0. The van der Waals surface area contributed by atoms with E-state index < -0.39 is 0 Å². The van der Waals surface area contributed by atoms with Crippen LogP contribution in [0.2, 0.25) is 0 Å². The average molecular weight is 178 g/mol. The average Bonchev–Trinajstić information content (AvgIpc) is 1.00. The Morgan fingerprint density at radius 1 is 0.300 bits per heavy atom. The first-order valence-corrected chi connectivity index (χ1v) is 0.200. The second-order valence-electron chi connectivity index (χ2n) is 0. The van der Waals surface area contributed by atoms with E-state index in [1.165, 1.54) is 0 Å². The van der Waals surface area contributed by atoms with E-state index in [4.69, 9.17) is 10.5 Å². The molecule has 0 fully saturated rings. The molecule has 0 aromatic rings. The van der Waals surface area contributed by atoms with Crippen LogP contribution in [0.4, 0.5) is 0 Å². The van der Waals surface area contributed by atoms with Crippen LogP contribution in [0.15, 0.2) is 0 Å². The summed E-state index contributed by atoms with van der Waals surface area (Å²) < 4.78 is 0. The van der Waals surface area contributed by atoms with Crippen molar-refractivity contribution in [2.45, 2.75) is 0 Å². The van der Waals surface area contributed by atoms with Crippen LogP contribution < -0.4 is 0 Å². The highest BCUT2D eigenvalue weighted by atomic mass is 17.0. The Hall–Kier alpha value is -0.400. The van der Waals surface area contributed by atoms with Crippen molar-refractivity contribution in [3.8, 4) is 0 Å². The summed E-state index contributed by atoms with van der Waals surface area (Å²) in [6, 6.07) is 0. The fraction of sp³-hybridized carbons (Fsp3) is 0. The standard InChI is InChI=1S/H2O2.8H2O/c1-2;;;;;;;;/h1-2H;8*1H2. The second kappa shape index (κ2) is 3100. The fourth-order valence-corrected chi connectivity index (χ4v) is 0. The molecule has 0 saturated carbocycles. The first kappa shape index (κ1) is 1970. The molecule has 18 N–H and O–H groups in total. The maximum Gasteiger partial charge on any atom is -0.255 e. The van der Waals surface area contributed by atoms with Gasteiger partial charge in [-0.2, -0.15) is 0 Å². The van der Waals surface area contributed by atoms with Gasteiger partial charge in [0.2, 0.25) is 0 Å². The lowest BCUT2D eigenvalue weighted by Gasteiger charge is -1.25. The lowest BCUT2D eigenvalue weighted by molar-refractivity contribution is -0.176. The zero-order valence-electron chi connectivity index (χ0n) is 4.89. The van der Waals surface area contributed by atoms with E-state index in [-0.39, 0.29) is 43.8 Å². The molecule has 10 heteroatoms. The molecule has 0 bridgehead atoms. The first-order chi connectivity index (χ1) is 1.00. The largest absolute Gasteiger partial charge is 0.412 e. The minimum absolute atomic E-state index is 0. The molecule has 10 nitrogen and oxygen atoms in total. The normalized spacial score (nSPS) is 0.600. The maximum atomic E-state index is 6.00. The molecule has 0 aliphatic carbocycles. The fourth-order valence-electron chi connectivity index (χ4n) is 0. The predicted molar refractivity (Wildman–Crippen MR) is 34.2 cm³/mol. The molecule has 0 aromatic carbocycles. The number of hydrogen-bond donors (Lipinski definition) is 2. The van der Waals surface area contributed by atoms with E-state index in [2.05, 4.69) is 0 Å². The summed E-state index contributed by atoms with van der Waals surface area (Å²) in [7, 11) is 0. The number of hydrogen-bond acceptors (Lipinski definition) is 2. The van der Waals surface area contributed by atoms with Crippen molar-refractivity contribution in [1.29, 1.82) is 0 Å². The Morgan fingerprint density at radius 3 is 0.300 bits per heavy atom. The molecule has 0 saturated heterocycles. The van der Waals surface area contributed by atoms with E-state index in [0.717, 1.165) is 0 Å². The van der Waals surface area contributed by atoms with Gasteiger partial charge in [0.1, 0.15) is 0 Å². The van der Waals surface area contributed by atoms with Gasteiger partial charge in [0.25, 0.3) is 0 Å². The van der Waals surface area contributed by atoms with Crippen molar-refractivity contribution >= 4 is 0 Å². The Bertz CT molecular complexity index is 0. The van der Waals surface area contributed by atoms with Gasteiger partial charge in [-0.3, -0.25) is 10.5 Å². The van der Waals surface area contributed by atoms with Crippen molar-refractivity contribution in [2.75, 3.05) is 0 Å². The van der Waals surface area contributed by atoms with Gasteiger partial charge in [-0.05, 0) is 0 Å². The van der Waals surface area contributed by atoms with Crippen LogP contribution in [0.5, 0.6) is 0 Å². The smallest absolute Gasteiger partial charge is 0.255 e. The van der Waals surface area contributed by atoms with E-state index in [9.17, 15) is 0 Å². The molecule has 0 atom stereocenters. The van der Waals surface area contributed by atoms with Crippen molar-refractivity contribution in [3.05, 3.63) is 0 Å². The summed E-state index contributed by atoms with van der Waals surface area (Å²) >= 11 is 0. The topological polar surface area (TPSA) is 292 Å². The Morgan fingerprint density at radius 2 is 0.300 bits per heavy atom. The highest BCUT2D eigenvalue weighted by Crippen LogP contribution is 0.711. The van der Waals surface area contributed by atoms with Crippen LogP contribution in [0.1, 0.15) is 0 Å². The van der Waals surface area contributed by atoms with E-state index in [1.54, 1.807) is 0 Å². The monoisotopic (exact) mass is 178 g/mol. The highest BCUT2D eigenvalue weighted by molar-refractivity contribution is 1.82. The summed E-state index contributed by atoms with van der Waals surface area (Å²) in [5, 5.41) is 12.0. The van der Waals surface area contributed by atoms with Gasteiger partial charge in [0.05, 0.1) is 0 Å². The van der Waals surface area contributed by atoms with Crippen molar-refractivity contribution in [1.82, 2.24) is 0 Å². The molecule has 0 aliphatic rings. The van der Waals surface area contributed by atoms with Crippen LogP contribution in [0, 0.1) is 0 Å². The Balaban J connectivity index is -0.000000000179. The molecule has 0 aliphatic heterocycles. The molecule has 0 aromatic heterocycles. The molecule has 0 rings (SSSR count). The predicted octanol–water partition coefficient (Wildman–Crippen LogP) is -6.58. The zero-order valence-corrected chi connectivity index (χ0v) is 4.89. The van der Waals surface area contributed by atoms with Crippen LogP contribution >= 0.6 is 0 Å². The third kappa shape index (κ3) is 2070. The van der Waals surface area contributed by atoms with Crippen molar-refractivity contribution < 1.29 is 54.3 Å². The molecule has 0 radical (unpaired) electrons. The SMILES string of the molecule is O.O.O.O.O.O.O.O.OO. The molecular weight excluding hydrogens is 160 g/mol. The molecule has 0 amide bonds. The van der Waals surface area contributed by atoms with Gasteiger partial charge in [0.15, 0.2) is 0 Å². The van der Waals surface area contributed by atoms with Crippen molar-refractivity contribution in [3.63, 3.8) is 0 Å². The van der Waals surface area contributed by atoms with Gasteiger partial charge in [-0.1, -0.05) is 0 Å². The molecule has 0 heterocycles. The molecule has 0 spiro atoms. The Kier molecular flexibility index (Phi) is 612000. The third-order valence-corrected chi connectivity index (χ3v) is 0. The quantitative estimate of drug-likeness (QED) is 0.269. The molecule has 10 heavy (non-hydrogen) atoms. The maximum absolute atomic E-state index is 6.00. The van der Waals surface area contributed by atoms with Gasteiger partial charge >= 0.3 is 0 Å². The lowest BCUT2D eigenvalue weighted by Crippen LogP contribution is -1.29. The van der Waals surface area contributed by atoms with Gasteiger partial charge in [-0.25, -0.2) is 0 Å². The molecule has 78 valence electrons. The highest BCUT2D eigenvalue weighted by Gasteiger charge is 0.745. The summed E-state index contributed by atoms with van der Waals surface area (Å²) in [5.74, 6) is 0. The van der Waals surface area contributed by atoms with Crippen LogP contribution in [-0.4, -0.2) is 54.3 Å². The molecular formula is H18O10. The van der Waals surface area contributed by atoms with Crippen LogP contribution in [0.25, 0.3) is 0 Å². The van der Waals surface area contributed by atoms with E-state index >= 15 is 0 Å². The van der Waals surface area contributed by atoms with Crippen LogP contribution in [-0.2, 0) is 0 Å². The minimum Gasteiger partial charge on any atom is -0.412 e. The van der Waals surface area contributed by atoms with Crippen molar-refractivity contribution in [2.24, 2.45) is 0 Å². The molecule has 0 unspecified atom stereocenters. The minimum atomic E-state index is 0. The van der Waals surface area contributed by atoms with Crippen LogP contribution in [0.3, 0.4) is 0 Å². The second-order valence-corrected chi connectivity index (χ2v) is 0. The zero-order chi connectivity index (χ0) is 2.00. The lowest BCUT2D eigenvalue weighted by atomic mass is 15.0. The number of rotatable bonds is 0.